The smallest absolute Gasteiger partial charge is 0.224 e. The monoisotopic (exact) mass is 397 g/mol. The number of nitrogens with zero attached hydrogens (tertiary/aromatic N) is 3. The zero-order chi connectivity index (χ0) is 19.5. The van der Waals surface area contributed by atoms with Gasteiger partial charge >= 0.3 is 0 Å². The van der Waals surface area contributed by atoms with Crippen LogP contribution in [0.2, 0.25) is 5.28 Å². The van der Waals surface area contributed by atoms with Gasteiger partial charge in [0.05, 0.1) is 19.7 Å². The van der Waals surface area contributed by atoms with Gasteiger partial charge in [-0.05, 0) is 48.4 Å². The molecule has 3 aromatic rings. The molecular formula is C22H24ClN3O2. The molecule has 0 spiro atoms. The standard InChI is InChI=1S/C22H24ClN3O2/c1-27-19-13-17-18(14-20(19)28-2)24-22(23)25-21(17)26-10-8-16(9-11-26)12-15-6-4-3-5-7-15/h3-7,13-14,16H,8-12H2,1-2H3. The maximum Gasteiger partial charge on any atom is 0.224 e. The van der Waals surface area contributed by atoms with Crippen LogP contribution in [0.3, 0.4) is 0 Å². The Balaban J connectivity index is 1.57. The summed E-state index contributed by atoms with van der Waals surface area (Å²) in [5.41, 5.74) is 2.17. The lowest BCUT2D eigenvalue weighted by molar-refractivity contribution is 0.355. The summed E-state index contributed by atoms with van der Waals surface area (Å²) < 4.78 is 10.9. The number of piperidine rings is 1. The zero-order valence-corrected chi connectivity index (χ0v) is 16.9. The first kappa shape index (κ1) is 18.8. The lowest BCUT2D eigenvalue weighted by Gasteiger charge is -2.33. The molecule has 1 aromatic heterocycles. The molecule has 1 aliphatic heterocycles. The molecule has 1 fully saturated rings. The van der Waals surface area contributed by atoms with E-state index in [4.69, 9.17) is 21.1 Å². The molecule has 2 aromatic carbocycles. The van der Waals surface area contributed by atoms with E-state index in [-0.39, 0.29) is 5.28 Å². The van der Waals surface area contributed by atoms with Crippen LogP contribution in [0.4, 0.5) is 5.82 Å². The summed E-state index contributed by atoms with van der Waals surface area (Å²) in [6.07, 6.45) is 3.39. The van der Waals surface area contributed by atoms with Crippen molar-refractivity contribution in [2.45, 2.75) is 19.3 Å². The Hall–Kier alpha value is -2.53. The molecule has 0 radical (unpaired) electrons. The highest BCUT2D eigenvalue weighted by molar-refractivity contribution is 6.28. The average Bonchev–Trinajstić information content (AvgIpc) is 2.73. The molecule has 1 aliphatic rings. The molecule has 0 bridgehead atoms. The Morgan fingerprint density at radius 1 is 1.00 bits per heavy atom. The number of hydrogen-bond acceptors (Lipinski definition) is 5. The SMILES string of the molecule is COc1cc2nc(Cl)nc(N3CCC(Cc4ccccc4)CC3)c2cc1OC. The second-order valence-corrected chi connectivity index (χ2v) is 7.50. The number of halogens is 1. The van der Waals surface area contributed by atoms with Gasteiger partial charge in [0.1, 0.15) is 5.82 Å². The van der Waals surface area contributed by atoms with E-state index in [1.807, 2.05) is 12.1 Å². The predicted octanol–water partition coefficient (Wildman–Crippen LogP) is 4.76. The van der Waals surface area contributed by atoms with E-state index < -0.39 is 0 Å². The minimum Gasteiger partial charge on any atom is -0.493 e. The summed E-state index contributed by atoms with van der Waals surface area (Å²) >= 11 is 6.23. The van der Waals surface area contributed by atoms with E-state index in [1.54, 1.807) is 14.2 Å². The molecule has 146 valence electrons. The summed E-state index contributed by atoms with van der Waals surface area (Å²) in [6.45, 7) is 1.91. The fourth-order valence-electron chi connectivity index (χ4n) is 3.95. The highest BCUT2D eigenvalue weighted by atomic mass is 35.5. The fourth-order valence-corrected chi connectivity index (χ4v) is 4.12. The highest BCUT2D eigenvalue weighted by Gasteiger charge is 2.23. The molecule has 0 unspecified atom stereocenters. The van der Waals surface area contributed by atoms with Crippen molar-refractivity contribution in [3.05, 3.63) is 53.3 Å². The van der Waals surface area contributed by atoms with Crippen molar-refractivity contribution < 1.29 is 9.47 Å². The molecule has 28 heavy (non-hydrogen) atoms. The second kappa shape index (κ2) is 8.23. The maximum atomic E-state index is 6.23. The minimum absolute atomic E-state index is 0.251. The van der Waals surface area contributed by atoms with Gasteiger partial charge in [0.2, 0.25) is 5.28 Å². The van der Waals surface area contributed by atoms with E-state index in [1.165, 1.54) is 5.56 Å². The van der Waals surface area contributed by atoms with E-state index in [2.05, 4.69) is 45.2 Å². The van der Waals surface area contributed by atoms with Gasteiger partial charge in [0.25, 0.3) is 0 Å². The Bertz CT molecular complexity index is 957. The van der Waals surface area contributed by atoms with Crippen LogP contribution in [0.1, 0.15) is 18.4 Å². The molecule has 2 heterocycles. The number of rotatable bonds is 5. The number of hydrogen-bond donors (Lipinski definition) is 0. The zero-order valence-electron chi connectivity index (χ0n) is 16.2. The van der Waals surface area contributed by atoms with Crippen molar-refractivity contribution in [2.75, 3.05) is 32.2 Å². The molecule has 0 saturated carbocycles. The van der Waals surface area contributed by atoms with Gasteiger partial charge in [-0.1, -0.05) is 30.3 Å². The van der Waals surface area contributed by atoms with Crippen molar-refractivity contribution in [3.8, 4) is 11.5 Å². The van der Waals surface area contributed by atoms with E-state index >= 15 is 0 Å². The number of anilines is 1. The first-order valence-corrected chi connectivity index (χ1v) is 9.94. The summed E-state index contributed by atoms with van der Waals surface area (Å²) in [7, 11) is 3.25. The molecular weight excluding hydrogens is 374 g/mol. The predicted molar refractivity (Wildman–Crippen MR) is 113 cm³/mol. The normalized spacial score (nSPS) is 15.0. The number of methoxy groups -OCH3 is 2. The molecule has 5 nitrogen and oxygen atoms in total. The summed E-state index contributed by atoms with van der Waals surface area (Å²) in [6, 6.07) is 14.5. The topological polar surface area (TPSA) is 47.5 Å². The van der Waals surface area contributed by atoms with Gasteiger partial charge in [-0.2, -0.15) is 4.98 Å². The first-order chi connectivity index (χ1) is 13.7. The van der Waals surface area contributed by atoms with Crippen molar-refractivity contribution in [3.63, 3.8) is 0 Å². The van der Waals surface area contributed by atoms with Gasteiger partial charge < -0.3 is 14.4 Å². The van der Waals surface area contributed by atoms with Crippen LogP contribution >= 0.6 is 11.6 Å². The number of ether oxygens (including phenoxy) is 2. The van der Waals surface area contributed by atoms with Crippen LogP contribution in [0.15, 0.2) is 42.5 Å². The number of fused-ring (bicyclic) bond motifs is 1. The molecule has 1 saturated heterocycles. The van der Waals surface area contributed by atoms with Gasteiger partial charge in [-0.3, -0.25) is 0 Å². The van der Waals surface area contributed by atoms with Crippen LogP contribution in [-0.2, 0) is 6.42 Å². The lowest BCUT2D eigenvalue weighted by Crippen LogP contribution is -2.35. The van der Waals surface area contributed by atoms with Crippen molar-refractivity contribution in [2.24, 2.45) is 5.92 Å². The quantitative estimate of drug-likeness (QED) is 0.581. The van der Waals surface area contributed by atoms with Crippen LogP contribution in [-0.4, -0.2) is 37.3 Å². The van der Waals surface area contributed by atoms with Crippen molar-refractivity contribution in [1.29, 1.82) is 0 Å². The van der Waals surface area contributed by atoms with E-state index in [0.717, 1.165) is 49.1 Å². The second-order valence-electron chi connectivity index (χ2n) is 7.16. The van der Waals surface area contributed by atoms with Gasteiger partial charge in [0, 0.05) is 24.5 Å². The summed E-state index contributed by atoms with van der Waals surface area (Å²) in [4.78, 5) is 11.2. The third-order valence-electron chi connectivity index (χ3n) is 5.43. The molecule has 6 heteroatoms. The van der Waals surface area contributed by atoms with Crippen molar-refractivity contribution in [1.82, 2.24) is 9.97 Å². The Labute approximate surface area is 170 Å². The highest BCUT2D eigenvalue weighted by Crippen LogP contribution is 2.37. The first-order valence-electron chi connectivity index (χ1n) is 9.56. The van der Waals surface area contributed by atoms with Crippen LogP contribution in [0, 0.1) is 5.92 Å². The molecule has 0 aliphatic carbocycles. The Morgan fingerprint density at radius 2 is 1.68 bits per heavy atom. The van der Waals surface area contributed by atoms with E-state index in [9.17, 15) is 0 Å². The Morgan fingerprint density at radius 3 is 2.36 bits per heavy atom. The minimum atomic E-state index is 0.251. The van der Waals surface area contributed by atoms with Gasteiger partial charge in [0.15, 0.2) is 11.5 Å². The molecule has 0 atom stereocenters. The van der Waals surface area contributed by atoms with Gasteiger partial charge in [-0.15, -0.1) is 0 Å². The molecule has 4 rings (SSSR count). The third kappa shape index (κ3) is 3.85. The Kier molecular flexibility index (Phi) is 5.53. The maximum absolute atomic E-state index is 6.23. The third-order valence-corrected chi connectivity index (χ3v) is 5.60. The van der Waals surface area contributed by atoms with Gasteiger partial charge in [-0.25, -0.2) is 4.98 Å². The van der Waals surface area contributed by atoms with Crippen LogP contribution < -0.4 is 14.4 Å². The van der Waals surface area contributed by atoms with Crippen molar-refractivity contribution >= 4 is 28.3 Å². The van der Waals surface area contributed by atoms with E-state index in [0.29, 0.717) is 17.4 Å². The molecule has 0 amide bonds. The largest absolute Gasteiger partial charge is 0.493 e. The average molecular weight is 398 g/mol. The van der Waals surface area contributed by atoms with Crippen LogP contribution in [0.25, 0.3) is 10.9 Å². The lowest BCUT2D eigenvalue weighted by atomic mass is 9.90. The summed E-state index contributed by atoms with van der Waals surface area (Å²) in [5.74, 6) is 2.87. The van der Waals surface area contributed by atoms with Crippen LogP contribution in [0.5, 0.6) is 11.5 Å². The fraction of sp³-hybridized carbons (Fsp3) is 0.364. The number of benzene rings is 2. The number of aromatic nitrogens is 2. The molecule has 0 N–H and O–H groups in total. The summed E-state index contributed by atoms with van der Waals surface area (Å²) in [5, 5.41) is 1.18.